The molecule has 4 rings (SSSR count). The highest BCUT2D eigenvalue weighted by Gasteiger charge is 2.39. The smallest absolute Gasteiger partial charge is 0.318 e. The zero-order valence-electron chi connectivity index (χ0n) is 24.1. The lowest BCUT2D eigenvalue weighted by atomic mass is 9.84. The zero-order valence-corrected chi connectivity index (χ0v) is 24.1. The summed E-state index contributed by atoms with van der Waals surface area (Å²) in [4.78, 5) is 58.0. The minimum Gasteiger partial charge on any atom is -0.378 e. The van der Waals surface area contributed by atoms with E-state index in [1.807, 2.05) is 31.1 Å². The van der Waals surface area contributed by atoms with Gasteiger partial charge in [0.2, 0.25) is 11.8 Å². The van der Waals surface area contributed by atoms with Gasteiger partial charge in [-0.1, -0.05) is 51.4 Å². The second-order valence-corrected chi connectivity index (χ2v) is 11.9. The van der Waals surface area contributed by atoms with Gasteiger partial charge in [-0.15, -0.1) is 0 Å². The first kappa shape index (κ1) is 29.7. The van der Waals surface area contributed by atoms with Crippen LogP contribution in [0.4, 0.5) is 10.5 Å². The van der Waals surface area contributed by atoms with Crippen LogP contribution >= 0.6 is 0 Å². The number of rotatable bonds is 8. The molecule has 0 radical (unpaired) electrons. The third-order valence-electron chi connectivity index (χ3n) is 8.75. The molecular weight excluding hydrogens is 508 g/mol. The van der Waals surface area contributed by atoms with E-state index in [-0.39, 0.29) is 31.1 Å². The van der Waals surface area contributed by atoms with E-state index in [2.05, 4.69) is 10.6 Å². The quantitative estimate of drug-likeness (QED) is 0.455. The number of primary amides is 1. The van der Waals surface area contributed by atoms with Crippen molar-refractivity contribution in [1.82, 2.24) is 20.4 Å². The van der Waals surface area contributed by atoms with Crippen molar-refractivity contribution < 1.29 is 19.2 Å². The second-order valence-electron chi connectivity index (χ2n) is 11.9. The highest BCUT2D eigenvalue weighted by atomic mass is 16.2. The van der Waals surface area contributed by atoms with Gasteiger partial charge in [0.15, 0.2) is 0 Å². The summed E-state index contributed by atoms with van der Waals surface area (Å²) in [6, 6.07) is 5.40. The lowest BCUT2D eigenvalue weighted by Crippen LogP contribution is -2.65. The number of amides is 5. The molecule has 4 N–H and O–H groups in total. The molecule has 1 aromatic rings. The average Bonchev–Trinajstić information content (AvgIpc) is 2.97. The number of benzene rings is 1. The summed E-state index contributed by atoms with van der Waals surface area (Å²) in [6.45, 7) is 0.590. The summed E-state index contributed by atoms with van der Waals surface area (Å²) in [5.74, 6) is -0.864. The normalized spacial score (nSPS) is 21.4. The number of carbonyl (C=O) groups is 4. The van der Waals surface area contributed by atoms with Crippen molar-refractivity contribution in [2.75, 3.05) is 38.6 Å². The summed E-state index contributed by atoms with van der Waals surface area (Å²) >= 11 is 0. The van der Waals surface area contributed by atoms with E-state index in [0.29, 0.717) is 24.4 Å². The Morgan fingerprint density at radius 1 is 0.925 bits per heavy atom. The maximum atomic E-state index is 13.7. The van der Waals surface area contributed by atoms with Crippen LogP contribution in [0.1, 0.15) is 81.0 Å². The van der Waals surface area contributed by atoms with Crippen LogP contribution in [0, 0.1) is 5.92 Å². The molecule has 1 aromatic carbocycles. The SMILES string of the molecule is CN(C)c1ccc(C(=O)N2CCN(C(=O)NC3CCCCC3)[C@H](C(=O)N[C@@H](CC3CCCCC3)C(N)=O)C2)cc1. The van der Waals surface area contributed by atoms with E-state index in [4.69, 9.17) is 5.73 Å². The maximum Gasteiger partial charge on any atom is 0.318 e. The number of nitrogens with two attached hydrogens (primary N) is 1. The Morgan fingerprint density at radius 2 is 1.55 bits per heavy atom. The third kappa shape index (κ3) is 7.67. The molecule has 40 heavy (non-hydrogen) atoms. The molecule has 1 heterocycles. The van der Waals surface area contributed by atoms with Crippen molar-refractivity contribution in [3.8, 4) is 0 Å². The van der Waals surface area contributed by atoms with E-state index in [1.165, 1.54) is 17.7 Å². The zero-order chi connectivity index (χ0) is 28.6. The number of nitrogens with zero attached hydrogens (tertiary/aromatic N) is 3. The fourth-order valence-corrected chi connectivity index (χ4v) is 6.29. The van der Waals surface area contributed by atoms with E-state index in [1.54, 1.807) is 17.0 Å². The van der Waals surface area contributed by atoms with Gasteiger partial charge in [0.05, 0.1) is 6.54 Å². The summed E-state index contributed by atoms with van der Waals surface area (Å²) < 4.78 is 0. The van der Waals surface area contributed by atoms with E-state index >= 15 is 0 Å². The van der Waals surface area contributed by atoms with Crippen LogP contribution < -0.4 is 21.3 Å². The van der Waals surface area contributed by atoms with Crippen LogP contribution in [0.5, 0.6) is 0 Å². The fraction of sp³-hybridized carbons (Fsp3) is 0.667. The second kappa shape index (κ2) is 13.9. The van der Waals surface area contributed by atoms with Gasteiger partial charge in [0.25, 0.3) is 5.91 Å². The molecule has 3 aliphatic rings. The number of urea groups is 1. The molecule has 10 heteroatoms. The minimum atomic E-state index is -0.921. The highest BCUT2D eigenvalue weighted by Crippen LogP contribution is 2.27. The minimum absolute atomic E-state index is 0.0487. The predicted octanol–water partition coefficient (Wildman–Crippen LogP) is 2.86. The van der Waals surface area contributed by atoms with Gasteiger partial charge in [-0.2, -0.15) is 0 Å². The van der Waals surface area contributed by atoms with E-state index < -0.39 is 23.9 Å². The Morgan fingerprint density at radius 3 is 2.15 bits per heavy atom. The van der Waals surface area contributed by atoms with Gasteiger partial charge in [-0.3, -0.25) is 14.4 Å². The maximum absolute atomic E-state index is 13.7. The molecule has 1 aliphatic heterocycles. The third-order valence-corrected chi connectivity index (χ3v) is 8.75. The molecule has 1 saturated heterocycles. The number of nitrogens with one attached hydrogen (secondary N) is 2. The first-order valence-corrected chi connectivity index (χ1v) is 15.0. The molecule has 0 aromatic heterocycles. The van der Waals surface area contributed by atoms with Crippen LogP contribution in [0.2, 0.25) is 0 Å². The van der Waals surface area contributed by atoms with Gasteiger partial charge in [0, 0.05) is 44.5 Å². The average molecular weight is 555 g/mol. The monoisotopic (exact) mass is 554 g/mol. The fourth-order valence-electron chi connectivity index (χ4n) is 6.29. The molecule has 10 nitrogen and oxygen atoms in total. The topological polar surface area (TPSA) is 128 Å². The summed E-state index contributed by atoms with van der Waals surface area (Å²) in [6.07, 6.45) is 11.1. The van der Waals surface area contributed by atoms with Crippen LogP contribution in [0.25, 0.3) is 0 Å². The Hall–Kier alpha value is -3.30. The first-order valence-electron chi connectivity index (χ1n) is 15.0. The van der Waals surface area contributed by atoms with E-state index in [0.717, 1.165) is 57.1 Å². The van der Waals surface area contributed by atoms with Crippen LogP contribution in [-0.4, -0.2) is 85.4 Å². The van der Waals surface area contributed by atoms with Gasteiger partial charge >= 0.3 is 6.03 Å². The Bertz CT molecular complexity index is 1030. The number of hydrogen-bond acceptors (Lipinski definition) is 5. The van der Waals surface area contributed by atoms with Gasteiger partial charge in [-0.25, -0.2) is 4.79 Å². The van der Waals surface area contributed by atoms with Gasteiger partial charge in [0.1, 0.15) is 12.1 Å². The highest BCUT2D eigenvalue weighted by molar-refractivity contribution is 5.96. The molecule has 0 bridgehead atoms. The molecular formula is C30H46N6O4. The van der Waals surface area contributed by atoms with Crippen molar-refractivity contribution in [2.45, 2.75) is 88.8 Å². The number of anilines is 1. The molecule has 220 valence electrons. The Balaban J connectivity index is 1.49. The summed E-state index contributed by atoms with van der Waals surface area (Å²) in [7, 11) is 3.87. The van der Waals surface area contributed by atoms with Crippen LogP contribution in [0.3, 0.4) is 0 Å². The molecule has 5 amide bonds. The molecule has 3 fully saturated rings. The van der Waals surface area contributed by atoms with Crippen LogP contribution in [-0.2, 0) is 9.59 Å². The number of hydrogen-bond donors (Lipinski definition) is 3. The van der Waals surface area contributed by atoms with Crippen molar-refractivity contribution in [3.05, 3.63) is 29.8 Å². The van der Waals surface area contributed by atoms with E-state index in [9.17, 15) is 19.2 Å². The predicted molar refractivity (Wildman–Crippen MR) is 155 cm³/mol. The Labute approximate surface area is 238 Å². The van der Waals surface area contributed by atoms with Crippen molar-refractivity contribution in [1.29, 1.82) is 0 Å². The number of piperazine rings is 1. The molecule has 2 atom stereocenters. The largest absolute Gasteiger partial charge is 0.378 e. The standard InChI is InChI=1S/C30H46N6O4/c1-34(2)24-15-13-22(14-16-24)29(39)35-17-18-36(30(40)32-23-11-7-4-8-12-23)26(20-35)28(38)33-25(27(31)37)19-21-9-5-3-6-10-21/h13-16,21,23,25-26H,3-12,17-20H2,1-2H3,(H2,31,37)(H,32,40)(H,33,38)/t25-,26-/m0/s1. The Kier molecular flexibility index (Phi) is 10.3. The lowest BCUT2D eigenvalue weighted by molar-refractivity contribution is -0.131. The molecule has 0 spiro atoms. The number of carbonyl (C=O) groups excluding carboxylic acids is 4. The summed E-state index contributed by atoms with van der Waals surface area (Å²) in [5, 5.41) is 5.98. The lowest BCUT2D eigenvalue weighted by Gasteiger charge is -2.41. The van der Waals surface area contributed by atoms with Gasteiger partial charge in [-0.05, 0) is 49.4 Å². The molecule has 0 unspecified atom stereocenters. The van der Waals surface area contributed by atoms with Crippen molar-refractivity contribution in [2.24, 2.45) is 11.7 Å². The first-order chi connectivity index (χ1) is 19.2. The van der Waals surface area contributed by atoms with Crippen molar-refractivity contribution in [3.63, 3.8) is 0 Å². The summed E-state index contributed by atoms with van der Waals surface area (Å²) in [5.41, 5.74) is 7.23. The van der Waals surface area contributed by atoms with Crippen molar-refractivity contribution >= 4 is 29.4 Å². The molecule has 2 aliphatic carbocycles. The van der Waals surface area contributed by atoms with Crippen LogP contribution in [0.15, 0.2) is 24.3 Å². The molecule has 2 saturated carbocycles. The van der Waals surface area contributed by atoms with Gasteiger partial charge < -0.3 is 31.1 Å².